The van der Waals surface area contributed by atoms with E-state index >= 15 is 0 Å². The monoisotopic (exact) mass is 263 g/mol. The molecule has 1 atom stereocenters. The topological polar surface area (TPSA) is 37.8 Å². The number of aromatic nitrogens is 2. The second kappa shape index (κ2) is 6.33. The third-order valence-corrected chi connectivity index (χ3v) is 2.77. The minimum atomic E-state index is -0.562. The van der Waals surface area contributed by atoms with E-state index in [1.807, 2.05) is 6.92 Å². The molecule has 0 bridgehead atoms. The van der Waals surface area contributed by atoms with Crippen LogP contribution in [0.5, 0.6) is 0 Å². The lowest BCUT2D eigenvalue weighted by Crippen LogP contribution is -2.24. The summed E-state index contributed by atoms with van der Waals surface area (Å²) in [5.74, 6) is -1.12. The van der Waals surface area contributed by atoms with Gasteiger partial charge in [0.1, 0.15) is 18.0 Å². The molecule has 1 N–H and O–H groups in total. The molecule has 0 aliphatic carbocycles. The summed E-state index contributed by atoms with van der Waals surface area (Å²) in [6.45, 7) is 2.72. The van der Waals surface area contributed by atoms with Crippen LogP contribution >= 0.6 is 0 Å². The zero-order valence-electron chi connectivity index (χ0n) is 10.6. The molecule has 0 saturated carbocycles. The summed E-state index contributed by atoms with van der Waals surface area (Å²) in [5.41, 5.74) is 1.41. The maximum Gasteiger partial charge on any atom is 0.126 e. The molecule has 0 radical (unpaired) electrons. The van der Waals surface area contributed by atoms with Gasteiger partial charge in [0.25, 0.3) is 0 Å². The van der Waals surface area contributed by atoms with Crippen molar-refractivity contribution in [3.05, 3.63) is 59.7 Å². The van der Waals surface area contributed by atoms with Crippen LogP contribution in [-0.2, 0) is 6.42 Å². The molecule has 5 heteroatoms. The van der Waals surface area contributed by atoms with Gasteiger partial charge in [-0.05, 0) is 36.7 Å². The highest BCUT2D eigenvalue weighted by atomic mass is 19.1. The number of hydrogen-bond donors (Lipinski definition) is 1. The molecule has 100 valence electrons. The minimum Gasteiger partial charge on any atom is -0.309 e. The third-order valence-electron chi connectivity index (χ3n) is 2.77. The van der Waals surface area contributed by atoms with Gasteiger partial charge in [-0.1, -0.05) is 6.92 Å². The summed E-state index contributed by atoms with van der Waals surface area (Å²) in [7, 11) is 0. The number of halogens is 2. The number of nitrogens with zero attached hydrogens (tertiary/aromatic N) is 2. The zero-order chi connectivity index (χ0) is 13.7. The maximum absolute atomic E-state index is 13.2. The van der Waals surface area contributed by atoms with Crippen molar-refractivity contribution in [2.24, 2.45) is 0 Å². The molecule has 1 aromatic heterocycles. The summed E-state index contributed by atoms with van der Waals surface area (Å²) in [5, 5.41) is 3.25. The van der Waals surface area contributed by atoms with E-state index in [1.165, 1.54) is 18.5 Å². The van der Waals surface area contributed by atoms with Crippen molar-refractivity contribution in [3.8, 4) is 0 Å². The fraction of sp³-hybridized carbons (Fsp3) is 0.286. The van der Waals surface area contributed by atoms with Crippen molar-refractivity contribution in [2.45, 2.75) is 19.4 Å². The Labute approximate surface area is 110 Å². The number of benzene rings is 1. The average Bonchev–Trinajstić information content (AvgIpc) is 2.38. The maximum atomic E-state index is 13.2. The Balaban J connectivity index is 2.21. The molecule has 0 saturated heterocycles. The van der Waals surface area contributed by atoms with Crippen molar-refractivity contribution in [1.82, 2.24) is 15.3 Å². The normalized spacial score (nSPS) is 12.4. The second-order valence-corrected chi connectivity index (χ2v) is 4.23. The Hall–Kier alpha value is -1.88. The summed E-state index contributed by atoms with van der Waals surface area (Å²) in [4.78, 5) is 8.04. The Morgan fingerprint density at radius 3 is 2.53 bits per heavy atom. The van der Waals surface area contributed by atoms with E-state index in [0.29, 0.717) is 12.0 Å². The lowest BCUT2D eigenvalue weighted by molar-refractivity contribution is 0.527. The van der Waals surface area contributed by atoms with Crippen molar-refractivity contribution in [1.29, 1.82) is 0 Å². The molecule has 0 fully saturated rings. The lowest BCUT2D eigenvalue weighted by Gasteiger charge is -2.17. The molecule has 0 amide bonds. The number of nitrogens with one attached hydrogen (secondary N) is 1. The Bertz CT molecular complexity index is 511. The largest absolute Gasteiger partial charge is 0.309 e. The van der Waals surface area contributed by atoms with Gasteiger partial charge in [0.05, 0.1) is 11.7 Å². The van der Waals surface area contributed by atoms with E-state index in [2.05, 4.69) is 15.3 Å². The van der Waals surface area contributed by atoms with E-state index in [4.69, 9.17) is 0 Å². The lowest BCUT2D eigenvalue weighted by atomic mass is 10.0. The average molecular weight is 263 g/mol. The van der Waals surface area contributed by atoms with E-state index in [0.717, 1.165) is 18.3 Å². The van der Waals surface area contributed by atoms with Gasteiger partial charge in [-0.25, -0.2) is 18.7 Å². The van der Waals surface area contributed by atoms with Gasteiger partial charge in [-0.3, -0.25) is 0 Å². The Kier molecular flexibility index (Phi) is 4.52. The minimum absolute atomic E-state index is 0.0887. The molecule has 2 aromatic rings. The van der Waals surface area contributed by atoms with Crippen LogP contribution in [0.3, 0.4) is 0 Å². The summed E-state index contributed by atoms with van der Waals surface area (Å²) in [6.07, 6.45) is 3.59. The fourth-order valence-electron chi connectivity index (χ4n) is 2.00. The van der Waals surface area contributed by atoms with Crippen molar-refractivity contribution >= 4 is 0 Å². The van der Waals surface area contributed by atoms with Crippen molar-refractivity contribution in [2.75, 3.05) is 6.54 Å². The van der Waals surface area contributed by atoms with Gasteiger partial charge in [0, 0.05) is 12.3 Å². The van der Waals surface area contributed by atoms with Crippen LogP contribution in [-0.4, -0.2) is 16.5 Å². The molecule has 0 aliphatic rings. The van der Waals surface area contributed by atoms with E-state index in [1.54, 1.807) is 12.3 Å². The third kappa shape index (κ3) is 3.79. The highest BCUT2D eigenvalue weighted by Crippen LogP contribution is 2.17. The standard InChI is InChI=1S/C14H15F2N3/c1-2-18-14(13-3-4-17-9-19-13)7-10-5-11(15)8-12(16)6-10/h3-6,8-9,14,18H,2,7H2,1H3. The van der Waals surface area contributed by atoms with Crippen LogP contribution in [0.4, 0.5) is 8.78 Å². The Morgan fingerprint density at radius 1 is 1.21 bits per heavy atom. The van der Waals surface area contributed by atoms with Gasteiger partial charge in [0.15, 0.2) is 0 Å². The fourth-order valence-corrected chi connectivity index (χ4v) is 2.00. The predicted octanol–water partition coefficient (Wildman–Crippen LogP) is 2.65. The Morgan fingerprint density at radius 2 is 1.95 bits per heavy atom. The van der Waals surface area contributed by atoms with Crippen LogP contribution in [0.1, 0.15) is 24.2 Å². The summed E-state index contributed by atoms with van der Waals surface area (Å²) in [6, 6.07) is 5.26. The van der Waals surface area contributed by atoms with Crippen LogP contribution in [0.2, 0.25) is 0 Å². The molecule has 19 heavy (non-hydrogen) atoms. The van der Waals surface area contributed by atoms with Gasteiger partial charge in [0.2, 0.25) is 0 Å². The summed E-state index contributed by atoms with van der Waals surface area (Å²) < 4.78 is 26.4. The molecule has 1 aromatic carbocycles. The molecule has 1 heterocycles. The smallest absolute Gasteiger partial charge is 0.126 e. The van der Waals surface area contributed by atoms with Crippen molar-refractivity contribution in [3.63, 3.8) is 0 Å². The molecular formula is C14H15F2N3. The number of hydrogen-bond acceptors (Lipinski definition) is 3. The molecular weight excluding hydrogens is 248 g/mol. The van der Waals surface area contributed by atoms with Gasteiger partial charge in [-0.2, -0.15) is 0 Å². The SMILES string of the molecule is CCNC(Cc1cc(F)cc(F)c1)c1ccncn1. The highest BCUT2D eigenvalue weighted by Gasteiger charge is 2.13. The van der Waals surface area contributed by atoms with Crippen LogP contribution in [0.15, 0.2) is 36.8 Å². The van der Waals surface area contributed by atoms with E-state index in [9.17, 15) is 8.78 Å². The molecule has 0 aliphatic heterocycles. The van der Waals surface area contributed by atoms with Crippen LogP contribution in [0.25, 0.3) is 0 Å². The zero-order valence-corrected chi connectivity index (χ0v) is 10.6. The van der Waals surface area contributed by atoms with Crippen LogP contribution < -0.4 is 5.32 Å². The van der Waals surface area contributed by atoms with E-state index in [-0.39, 0.29) is 6.04 Å². The quantitative estimate of drug-likeness (QED) is 0.901. The van der Waals surface area contributed by atoms with Crippen LogP contribution in [0, 0.1) is 11.6 Å². The predicted molar refractivity (Wildman–Crippen MR) is 68.5 cm³/mol. The van der Waals surface area contributed by atoms with E-state index < -0.39 is 11.6 Å². The van der Waals surface area contributed by atoms with Crippen molar-refractivity contribution < 1.29 is 8.78 Å². The molecule has 1 unspecified atom stereocenters. The number of rotatable bonds is 5. The second-order valence-electron chi connectivity index (χ2n) is 4.23. The first-order chi connectivity index (χ1) is 9.19. The molecule has 0 spiro atoms. The summed E-state index contributed by atoms with van der Waals surface area (Å²) >= 11 is 0. The highest BCUT2D eigenvalue weighted by molar-refractivity contribution is 5.21. The number of likely N-dealkylation sites (N-methyl/N-ethyl adjacent to an activating group) is 1. The van der Waals surface area contributed by atoms with Gasteiger partial charge in [-0.15, -0.1) is 0 Å². The van der Waals surface area contributed by atoms with Gasteiger partial charge >= 0.3 is 0 Å². The molecule has 3 nitrogen and oxygen atoms in total. The first-order valence-electron chi connectivity index (χ1n) is 6.13. The first-order valence-corrected chi connectivity index (χ1v) is 6.13. The first kappa shape index (κ1) is 13.5. The molecule has 2 rings (SSSR count). The van der Waals surface area contributed by atoms with Gasteiger partial charge < -0.3 is 5.32 Å².